The van der Waals surface area contributed by atoms with Crippen LogP contribution in [-0.2, 0) is 11.3 Å². The number of nitrogens with zero attached hydrogens (tertiary/aromatic N) is 1. The van der Waals surface area contributed by atoms with Gasteiger partial charge in [-0.1, -0.05) is 24.0 Å². The van der Waals surface area contributed by atoms with Gasteiger partial charge in [0, 0.05) is 38.2 Å². The van der Waals surface area contributed by atoms with Crippen LogP contribution in [0.5, 0.6) is 0 Å². The molecule has 3 N–H and O–H groups in total. The summed E-state index contributed by atoms with van der Waals surface area (Å²) in [5.74, 6) is 5.96. The number of likely N-dealkylation sites (tertiary alicyclic amines) is 1. The standard InChI is InChI=1S/C17H23N3O/c1-14(21)19-17-8-11-20(12-9-17)13-16-6-4-15(5-7-16)3-2-10-18/h4-7,17H,8-13,18H2,1H3,(H,19,21). The van der Waals surface area contributed by atoms with Crippen LogP contribution in [0.2, 0.25) is 0 Å². The smallest absolute Gasteiger partial charge is 0.217 e. The van der Waals surface area contributed by atoms with Gasteiger partial charge in [0.15, 0.2) is 0 Å². The summed E-state index contributed by atoms with van der Waals surface area (Å²) in [6.45, 7) is 4.99. The van der Waals surface area contributed by atoms with Crippen molar-refractivity contribution in [2.75, 3.05) is 19.6 Å². The molecule has 1 aliphatic heterocycles. The molecule has 112 valence electrons. The van der Waals surface area contributed by atoms with E-state index in [9.17, 15) is 4.79 Å². The number of amides is 1. The maximum absolute atomic E-state index is 11.0. The minimum absolute atomic E-state index is 0.0719. The number of nitrogens with two attached hydrogens (primary N) is 1. The Hall–Kier alpha value is -1.83. The van der Waals surface area contributed by atoms with Crippen LogP contribution in [0.25, 0.3) is 0 Å². The SMILES string of the molecule is CC(=O)NC1CCN(Cc2ccc(C#CCN)cc2)CC1. The topological polar surface area (TPSA) is 58.4 Å². The zero-order valence-corrected chi connectivity index (χ0v) is 12.6. The molecule has 1 heterocycles. The number of benzene rings is 1. The van der Waals surface area contributed by atoms with Crippen molar-refractivity contribution < 1.29 is 4.79 Å². The fourth-order valence-corrected chi connectivity index (χ4v) is 2.63. The van der Waals surface area contributed by atoms with Gasteiger partial charge in [0.1, 0.15) is 0 Å². The van der Waals surface area contributed by atoms with Crippen molar-refractivity contribution in [3.63, 3.8) is 0 Å². The highest BCUT2D eigenvalue weighted by atomic mass is 16.1. The van der Waals surface area contributed by atoms with Crippen LogP contribution < -0.4 is 11.1 Å². The van der Waals surface area contributed by atoms with Crippen LogP contribution >= 0.6 is 0 Å². The first kappa shape index (κ1) is 15.6. The third-order valence-corrected chi connectivity index (χ3v) is 3.69. The van der Waals surface area contributed by atoms with Crippen molar-refractivity contribution in [3.05, 3.63) is 35.4 Å². The maximum Gasteiger partial charge on any atom is 0.217 e. The van der Waals surface area contributed by atoms with Gasteiger partial charge in [-0.25, -0.2) is 0 Å². The largest absolute Gasteiger partial charge is 0.354 e. The van der Waals surface area contributed by atoms with Gasteiger partial charge in [0.05, 0.1) is 6.54 Å². The summed E-state index contributed by atoms with van der Waals surface area (Å²) in [4.78, 5) is 13.5. The van der Waals surface area contributed by atoms with Crippen LogP contribution in [0, 0.1) is 11.8 Å². The molecular formula is C17H23N3O. The van der Waals surface area contributed by atoms with Crippen molar-refractivity contribution in [1.29, 1.82) is 0 Å². The third-order valence-electron chi connectivity index (χ3n) is 3.69. The van der Waals surface area contributed by atoms with Gasteiger partial charge >= 0.3 is 0 Å². The zero-order valence-electron chi connectivity index (χ0n) is 12.6. The van der Waals surface area contributed by atoms with Crippen molar-refractivity contribution in [3.8, 4) is 11.8 Å². The van der Waals surface area contributed by atoms with Crippen molar-refractivity contribution in [2.45, 2.75) is 32.4 Å². The van der Waals surface area contributed by atoms with Gasteiger partial charge in [-0.05, 0) is 30.5 Å². The first-order valence-corrected chi connectivity index (χ1v) is 7.44. The molecule has 1 amide bonds. The Morgan fingerprint density at radius 3 is 2.57 bits per heavy atom. The molecule has 0 unspecified atom stereocenters. The molecule has 0 spiro atoms. The lowest BCUT2D eigenvalue weighted by Gasteiger charge is -2.32. The van der Waals surface area contributed by atoms with Crippen molar-refractivity contribution in [1.82, 2.24) is 10.2 Å². The number of hydrogen-bond donors (Lipinski definition) is 2. The minimum atomic E-state index is 0.0719. The second-order valence-corrected chi connectivity index (χ2v) is 5.45. The normalized spacial score (nSPS) is 16.1. The average molecular weight is 285 g/mol. The van der Waals surface area contributed by atoms with E-state index in [1.807, 2.05) is 12.1 Å². The Morgan fingerprint density at radius 1 is 1.33 bits per heavy atom. The number of nitrogens with one attached hydrogen (secondary N) is 1. The predicted molar refractivity (Wildman–Crippen MR) is 84.5 cm³/mol. The van der Waals surface area contributed by atoms with E-state index in [0.717, 1.165) is 38.0 Å². The van der Waals surface area contributed by atoms with E-state index in [-0.39, 0.29) is 5.91 Å². The minimum Gasteiger partial charge on any atom is -0.354 e. The number of hydrogen-bond acceptors (Lipinski definition) is 3. The van der Waals surface area contributed by atoms with Gasteiger partial charge in [0.25, 0.3) is 0 Å². The summed E-state index contributed by atoms with van der Waals surface area (Å²) in [7, 11) is 0. The third kappa shape index (κ3) is 5.22. The van der Waals surface area contributed by atoms with Gasteiger partial charge in [-0.2, -0.15) is 0 Å². The molecule has 1 fully saturated rings. The molecule has 0 bridgehead atoms. The summed E-state index contributed by atoms with van der Waals surface area (Å²) >= 11 is 0. The predicted octanol–water partition coefficient (Wildman–Crippen LogP) is 1.10. The lowest BCUT2D eigenvalue weighted by atomic mass is 10.0. The summed E-state index contributed by atoms with van der Waals surface area (Å²) < 4.78 is 0. The molecule has 0 aromatic heterocycles. The van der Waals surface area contributed by atoms with E-state index in [4.69, 9.17) is 5.73 Å². The monoisotopic (exact) mass is 285 g/mol. The Morgan fingerprint density at radius 2 is 2.00 bits per heavy atom. The Balaban J connectivity index is 1.82. The van der Waals surface area contributed by atoms with Gasteiger partial charge in [-0.3, -0.25) is 9.69 Å². The lowest BCUT2D eigenvalue weighted by molar-refractivity contribution is -0.119. The molecule has 4 heteroatoms. The molecule has 0 radical (unpaired) electrons. The quantitative estimate of drug-likeness (QED) is 0.818. The van der Waals surface area contributed by atoms with E-state index in [1.54, 1.807) is 6.92 Å². The van der Waals surface area contributed by atoms with Crippen LogP contribution in [0.15, 0.2) is 24.3 Å². The van der Waals surface area contributed by atoms with Crippen LogP contribution in [0.3, 0.4) is 0 Å². The Bertz CT molecular complexity index is 519. The van der Waals surface area contributed by atoms with Crippen LogP contribution in [0.1, 0.15) is 30.9 Å². The molecule has 4 nitrogen and oxygen atoms in total. The molecule has 1 saturated heterocycles. The number of carbonyl (C=O) groups excluding carboxylic acids is 1. The molecule has 21 heavy (non-hydrogen) atoms. The first-order chi connectivity index (χ1) is 10.2. The first-order valence-electron chi connectivity index (χ1n) is 7.44. The second kappa shape index (κ2) is 7.82. The van der Waals surface area contributed by atoms with Crippen LogP contribution in [-0.4, -0.2) is 36.5 Å². The molecule has 1 aliphatic rings. The van der Waals surface area contributed by atoms with Gasteiger partial charge in [0.2, 0.25) is 5.91 Å². The van der Waals surface area contributed by atoms with E-state index in [1.165, 1.54) is 5.56 Å². The lowest BCUT2D eigenvalue weighted by Crippen LogP contribution is -2.43. The molecular weight excluding hydrogens is 262 g/mol. The highest BCUT2D eigenvalue weighted by Gasteiger charge is 2.19. The summed E-state index contributed by atoms with van der Waals surface area (Å²) in [5, 5.41) is 3.00. The molecule has 0 aliphatic carbocycles. The number of piperidine rings is 1. The highest BCUT2D eigenvalue weighted by Crippen LogP contribution is 2.14. The molecule has 0 saturated carbocycles. The fourth-order valence-electron chi connectivity index (χ4n) is 2.63. The summed E-state index contributed by atoms with van der Waals surface area (Å²) in [6.07, 6.45) is 2.05. The molecule has 1 aromatic carbocycles. The summed E-state index contributed by atoms with van der Waals surface area (Å²) in [5.41, 5.74) is 7.67. The molecule has 0 atom stereocenters. The highest BCUT2D eigenvalue weighted by molar-refractivity contribution is 5.73. The maximum atomic E-state index is 11.0. The van der Waals surface area contributed by atoms with Gasteiger partial charge < -0.3 is 11.1 Å². The molecule has 1 aromatic rings. The molecule has 2 rings (SSSR count). The van der Waals surface area contributed by atoms with Gasteiger partial charge in [-0.15, -0.1) is 0 Å². The number of carbonyl (C=O) groups is 1. The number of rotatable bonds is 3. The van der Waals surface area contributed by atoms with E-state index >= 15 is 0 Å². The Kier molecular flexibility index (Phi) is 5.79. The van der Waals surface area contributed by atoms with Crippen molar-refractivity contribution in [2.24, 2.45) is 5.73 Å². The zero-order chi connectivity index (χ0) is 15.1. The van der Waals surface area contributed by atoms with E-state index in [2.05, 4.69) is 34.2 Å². The van der Waals surface area contributed by atoms with E-state index in [0.29, 0.717) is 12.6 Å². The summed E-state index contributed by atoms with van der Waals surface area (Å²) in [6, 6.07) is 8.68. The van der Waals surface area contributed by atoms with E-state index < -0.39 is 0 Å². The Labute approximate surface area is 126 Å². The second-order valence-electron chi connectivity index (χ2n) is 5.45. The fraction of sp³-hybridized carbons (Fsp3) is 0.471. The average Bonchev–Trinajstić information content (AvgIpc) is 2.48. The van der Waals surface area contributed by atoms with Crippen molar-refractivity contribution >= 4 is 5.91 Å². The van der Waals surface area contributed by atoms with Crippen LogP contribution in [0.4, 0.5) is 0 Å².